The van der Waals surface area contributed by atoms with E-state index in [1.54, 1.807) is 0 Å². The predicted molar refractivity (Wildman–Crippen MR) is 86.6 cm³/mol. The van der Waals surface area contributed by atoms with Crippen molar-refractivity contribution in [2.75, 3.05) is 13.2 Å². The van der Waals surface area contributed by atoms with Crippen molar-refractivity contribution in [3.8, 4) is 0 Å². The highest BCUT2D eigenvalue weighted by molar-refractivity contribution is 4.81. The highest BCUT2D eigenvalue weighted by Crippen LogP contribution is 2.37. The number of ether oxygens (including phenoxy) is 1. The van der Waals surface area contributed by atoms with Crippen molar-refractivity contribution in [2.24, 2.45) is 5.41 Å². The summed E-state index contributed by atoms with van der Waals surface area (Å²) in [5.74, 6) is 0. The van der Waals surface area contributed by atoms with Crippen LogP contribution in [0.15, 0.2) is 12.2 Å². The molecule has 0 N–H and O–H groups in total. The lowest BCUT2D eigenvalue weighted by atomic mass is 9.75. The molecule has 1 nitrogen and oxygen atoms in total. The Labute approximate surface area is 121 Å². The maximum atomic E-state index is 5.94. The second-order valence-electron chi connectivity index (χ2n) is 5.89. The lowest BCUT2D eigenvalue weighted by Gasteiger charge is -2.34. The second-order valence-corrected chi connectivity index (χ2v) is 5.89. The van der Waals surface area contributed by atoms with Crippen molar-refractivity contribution in [2.45, 2.75) is 85.5 Å². The van der Waals surface area contributed by atoms with Gasteiger partial charge in [-0.3, -0.25) is 0 Å². The van der Waals surface area contributed by atoms with E-state index in [0.29, 0.717) is 5.41 Å². The van der Waals surface area contributed by atoms with E-state index in [0.717, 1.165) is 13.2 Å². The van der Waals surface area contributed by atoms with Gasteiger partial charge < -0.3 is 4.74 Å². The Balaban J connectivity index is 4.46. The lowest BCUT2D eigenvalue weighted by molar-refractivity contribution is 0.0355. The van der Waals surface area contributed by atoms with Crippen LogP contribution in [-0.2, 0) is 4.74 Å². The zero-order chi connectivity index (χ0) is 14.4. The predicted octanol–water partition coefficient (Wildman–Crippen LogP) is 6.14. The van der Waals surface area contributed by atoms with Crippen LogP contribution in [0.5, 0.6) is 0 Å². The molecule has 114 valence electrons. The average molecular weight is 268 g/mol. The Kier molecular flexibility index (Phi) is 12.5. The first kappa shape index (κ1) is 18.7. The molecule has 0 amide bonds. The Morgan fingerprint density at radius 1 is 0.842 bits per heavy atom. The molecular formula is C18H36O. The molecule has 0 spiro atoms. The molecule has 0 aromatic carbocycles. The molecule has 0 aromatic rings. The molecule has 0 aliphatic carbocycles. The van der Waals surface area contributed by atoms with Gasteiger partial charge in [0.05, 0.1) is 13.2 Å². The molecule has 0 unspecified atom stereocenters. The molecular weight excluding hydrogens is 232 g/mol. The van der Waals surface area contributed by atoms with E-state index in [9.17, 15) is 0 Å². The van der Waals surface area contributed by atoms with Crippen molar-refractivity contribution in [1.29, 1.82) is 0 Å². The van der Waals surface area contributed by atoms with E-state index in [1.165, 1.54) is 57.8 Å². The van der Waals surface area contributed by atoms with Crippen LogP contribution in [0.2, 0.25) is 0 Å². The van der Waals surface area contributed by atoms with Gasteiger partial charge in [-0.15, -0.1) is 0 Å². The molecule has 0 fully saturated rings. The number of rotatable bonds is 13. The third kappa shape index (κ3) is 9.27. The fraction of sp³-hybridized carbons (Fsp3) is 0.889. The van der Waals surface area contributed by atoms with Gasteiger partial charge in [0.15, 0.2) is 0 Å². The summed E-state index contributed by atoms with van der Waals surface area (Å²) in [6.45, 7) is 10.7. The summed E-state index contributed by atoms with van der Waals surface area (Å²) in [7, 11) is 0. The molecule has 0 aromatic heterocycles. The van der Waals surface area contributed by atoms with Crippen molar-refractivity contribution < 1.29 is 4.74 Å². The van der Waals surface area contributed by atoms with Crippen molar-refractivity contribution in [1.82, 2.24) is 0 Å². The van der Waals surface area contributed by atoms with Crippen LogP contribution >= 0.6 is 0 Å². The SMILES string of the molecule is C/C=C/COCC(CCCC)(CCCC)CCCC. The minimum absolute atomic E-state index is 0.448. The van der Waals surface area contributed by atoms with E-state index >= 15 is 0 Å². The summed E-state index contributed by atoms with van der Waals surface area (Å²) in [6, 6.07) is 0. The molecule has 0 bridgehead atoms. The summed E-state index contributed by atoms with van der Waals surface area (Å²) in [6.07, 6.45) is 16.2. The number of hydrogen-bond acceptors (Lipinski definition) is 1. The van der Waals surface area contributed by atoms with Crippen LogP contribution in [0, 0.1) is 5.41 Å². The first-order valence-corrected chi connectivity index (χ1v) is 8.43. The fourth-order valence-electron chi connectivity index (χ4n) is 2.69. The molecule has 0 saturated heterocycles. The summed E-state index contributed by atoms with van der Waals surface area (Å²) in [5, 5.41) is 0. The van der Waals surface area contributed by atoms with Gasteiger partial charge in [-0.05, 0) is 31.6 Å². The van der Waals surface area contributed by atoms with E-state index < -0.39 is 0 Å². The van der Waals surface area contributed by atoms with E-state index in [4.69, 9.17) is 4.74 Å². The van der Waals surface area contributed by atoms with Crippen molar-refractivity contribution in [3.63, 3.8) is 0 Å². The smallest absolute Gasteiger partial charge is 0.0647 e. The van der Waals surface area contributed by atoms with Crippen LogP contribution in [-0.4, -0.2) is 13.2 Å². The average Bonchev–Trinajstić information content (AvgIpc) is 2.44. The molecule has 0 rings (SSSR count). The fourth-order valence-corrected chi connectivity index (χ4v) is 2.69. The maximum absolute atomic E-state index is 5.94. The quantitative estimate of drug-likeness (QED) is 0.288. The topological polar surface area (TPSA) is 9.23 Å². The van der Waals surface area contributed by atoms with Gasteiger partial charge in [0.2, 0.25) is 0 Å². The standard InChI is InChI=1S/C18H36O/c1-5-9-13-18(14-10-6-2,15-11-7-3)17-19-16-12-8-4/h8,12H,5-7,9-11,13-17H2,1-4H3/b12-8+. The van der Waals surface area contributed by atoms with Crippen LogP contribution in [0.4, 0.5) is 0 Å². The van der Waals surface area contributed by atoms with Gasteiger partial charge in [0.1, 0.15) is 0 Å². The number of allylic oxidation sites excluding steroid dienone is 1. The molecule has 1 heteroatoms. The van der Waals surface area contributed by atoms with Gasteiger partial charge >= 0.3 is 0 Å². The molecule has 0 aliphatic rings. The second kappa shape index (κ2) is 12.7. The number of unbranched alkanes of at least 4 members (excludes halogenated alkanes) is 3. The third-order valence-corrected chi connectivity index (χ3v) is 4.04. The molecule has 0 saturated carbocycles. The number of hydrogen-bond donors (Lipinski definition) is 0. The first-order chi connectivity index (χ1) is 9.24. The Morgan fingerprint density at radius 3 is 1.68 bits per heavy atom. The van der Waals surface area contributed by atoms with Gasteiger partial charge in [-0.25, -0.2) is 0 Å². The van der Waals surface area contributed by atoms with Gasteiger partial charge in [-0.2, -0.15) is 0 Å². The Morgan fingerprint density at radius 2 is 1.32 bits per heavy atom. The summed E-state index contributed by atoms with van der Waals surface area (Å²) >= 11 is 0. The van der Waals surface area contributed by atoms with Crippen LogP contribution in [0.25, 0.3) is 0 Å². The van der Waals surface area contributed by atoms with Crippen molar-refractivity contribution in [3.05, 3.63) is 12.2 Å². The molecule has 0 heterocycles. The highest BCUT2D eigenvalue weighted by Gasteiger charge is 2.28. The molecule has 0 radical (unpaired) electrons. The van der Waals surface area contributed by atoms with E-state index in [-0.39, 0.29) is 0 Å². The van der Waals surface area contributed by atoms with Gasteiger partial charge in [0, 0.05) is 0 Å². The monoisotopic (exact) mass is 268 g/mol. The molecule has 19 heavy (non-hydrogen) atoms. The van der Waals surface area contributed by atoms with Crippen LogP contribution in [0.1, 0.15) is 85.5 Å². The largest absolute Gasteiger partial charge is 0.377 e. The minimum Gasteiger partial charge on any atom is -0.377 e. The molecule has 0 atom stereocenters. The maximum Gasteiger partial charge on any atom is 0.0647 e. The Bertz CT molecular complexity index is 186. The van der Waals surface area contributed by atoms with Gasteiger partial charge in [0.25, 0.3) is 0 Å². The first-order valence-electron chi connectivity index (χ1n) is 8.43. The summed E-state index contributed by atoms with van der Waals surface area (Å²) < 4.78 is 5.94. The minimum atomic E-state index is 0.448. The van der Waals surface area contributed by atoms with Crippen LogP contribution < -0.4 is 0 Å². The third-order valence-electron chi connectivity index (χ3n) is 4.04. The van der Waals surface area contributed by atoms with Crippen LogP contribution in [0.3, 0.4) is 0 Å². The highest BCUT2D eigenvalue weighted by atomic mass is 16.5. The van der Waals surface area contributed by atoms with Crippen molar-refractivity contribution >= 4 is 0 Å². The lowest BCUT2D eigenvalue weighted by Crippen LogP contribution is -2.27. The van der Waals surface area contributed by atoms with Gasteiger partial charge in [-0.1, -0.05) is 71.4 Å². The van der Waals surface area contributed by atoms with E-state index in [2.05, 4.69) is 39.8 Å². The zero-order valence-electron chi connectivity index (χ0n) is 13.8. The normalized spacial score (nSPS) is 12.4. The summed E-state index contributed by atoms with van der Waals surface area (Å²) in [4.78, 5) is 0. The zero-order valence-corrected chi connectivity index (χ0v) is 13.8. The van der Waals surface area contributed by atoms with E-state index in [1.807, 2.05) is 0 Å². The molecule has 0 aliphatic heterocycles. The summed E-state index contributed by atoms with van der Waals surface area (Å²) in [5.41, 5.74) is 0.448. The Hall–Kier alpha value is -0.300.